The van der Waals surface area contributed by atoms with Gasteiger partial charge in [-0.05, 0) is 0 Å². The highest BCUT2D eigenvalue weighted by atomic mass is 17.0. The van der Waals surface area contributed by atoms with E-state index in [-0.39, 0.29) is 5.78 Å². The zero-order valence-corrected chi connectivity index (χ0v) is 8.05. The fourth-order valence-corrected chi connectivity index (χ4v) is 1.36. The molecule has 0 saturated carbocycles. The zero-order valence-electron chi connectivity index (χ0n) is 8.05. The Kier molecular flexibility index (Phi) is 2.54. The molecule has 0 amide bonds. The summed E-state index contributed by atoms with van der Waals surface area (Å²) in [5.41, 5.74) is 0.638. The summed E-state index contributed by atoms with van der Waals surface area (Å²) in [5.74, 6) is 0.000142. The number of carbonyl (C=O) groups excluding carboxylic acids is 1. The fraction of sp³-hybridized carbons (Fsp3) is 0.0833. The Morgan fingerprint density at radius 2 is 2.00 bits per heavy atom. The Bertz CT molecular complexity index is 441. The molecule has 2 aromatic rings. The van der Waals surface area contributed by atoms with Crippen LogP contribution in [0.2, 0.25) is 0 Å². The average Bonchev–Trinajstić information content (AvgIpc) is 2.23. The molecule has 1 aromatic heterocycles. The summed E-state index contributed by atoms with van der Waals surface area (Å²) < 4.78 is 9.14. The van der Waals surface area contributed by atoms with E-state index in [1.165, 1.54) is 6.26 Å². The van der Waals surface area contributed by atoms with Crippen LogP contribution in [0.1, 0.15) is 22.0 Å². The van der Waals surface area contributed by atoms with Crippen molar-refractivity contribution in [2.24, 2.45) is 0 Å². The first-order valence-electron chi connectivity index (χ1n) is 4.58. The highest BCUT2D eigenvalue weighted by Crippen LogP contribution is 2.23. The summed E-state index contributed by atoms with van der Waals surface area (Å²) in [7, 11) is 0. The summed E-state index contributed by atoms with van der Waals surface area (Å²) in [4.78, 5) is 12.0. The monoisotopic (exact) mass is 202 g/mol. The maximum absolute atomic E-state index is 12.0. The molecule has 2 rings (SSSR count). The lowest BCUT2D eigenvalue weighted by Gasteiger charge is -2.09. The van der Waals surface area contributed by atoms with Crippen LogP contribution in [-0.4, -0.2) is 5.78 Å². The zero-order chi connectivity index (χ0) is 10.7. The summed E-state index contributed by atoms with van der Waals surface area (Å²) >= 11 is 0. The van der Waals surface area contributed by atoms with Crippen LogP contribution in [-0.2, 0) is 0 Å². The normalized spacial score (nSPS) is 12.3. The largest absolute Gasteiger partial charge is 0.294 e. The van der Waals surface area contributed by atoms with Crippen molar-refractivity contribution in [3.05, 3.63) is 60.6 Å². The SMILES string of the molecule is C=CC(C(=O)c1ccccc1)c1coo1. The number of hydrogen-bond donors (Lipinski definition) is 0. The van der Waals surface area contributed by atoms with Gasteiger partial charge in [0.25, 0.3) is 0 Å². The lowest BCUT2D eigenvalue weighted by atomic mass is 9.96. The molecule has 0 N–H and O–H groups in total. The van der Waals surface area contributed by atoms with Gasteiger partial charge in [-0.1, -0.05) is 36.4 Å². The maximum Gasteiger partial charge on any atom is 0.209 e. The Balaban J connectivity index is 2.26. The third-order valence-corrected chi connectivity index (χ3v) is 2.19. The number of benzene rings is 1. The molecule has 0 saturated heterocycles. The number of Topliss-reactive ketones (excluding diaryl/α,β-unsaturated/α-hetero) is 1. The molecule has 0 radical (unpaired) electrons. The third-order valence-electron chi connectivity index (χ3n) is 2.19. The Morgan fingerprint density at radius 1 is 1.33 bits per heavy atom. The van der Waals surface area contributed by atoms with Gasteiger partial charge in [0.1, 0.15) is 5.92 Å². The van der Waals surface area contributed by atoms with Crippen molar-refractivity contribution >= 4 is 5.78 Å². The molecule has 1 unspecified atom stereocenters. The summed E-state index contributed by atoms with van der Waals surface area (Å²) in [6.07, 6.45) is 2.96. The molecule has 0 spiro atoms. The van der Waals surface area contributed by atoms with Gasteiger partial charge in [0.15, 0.2) is 12.0 Å². The van der Waals surface area contributed by atoms with E-state index in [1.807, 2.05) is 18.2 Å². The number of rotatable bonds is 4. The van der Waals surface area contributed by atoms with Gasteiger partial charge in [-0.15, -0.1) is 6.58 Å². The number of hydrogen-bond acceptors (Lipinski definition) is 3. The molecule has 0 aliphatic rings. The molecule has 0 aliphatic carbocycles. The molecule has 76 valence electrons. The van der Waals surface area contributed by atoms with Gasteiger partial charge in [-0.2, -0.15) is 0 Å². The molecular formula is C12H10O3. The van der Waals surface area contributed by atoms with E-state index in [4.69, 9.17) is 4.58 Å². The van der Waals surface area contributed by atoms with Crippen LogP contribution in [0.3, 0.4) is 0 Å². The first-order chi connectivity index (χ1) is 7.33. The molecule has 3 heteroatoms. The topological polar surface area (TPSA) is 43.4 Å². The van der Waals surface area contributed by atoms with Gasteiger partial charge in [0.2, 0.25) is 5.76 Å². The van der Waals surface area contributed by atoms with Crippen molar-refractivity contribution in [3.8, 4) is 0 Å². The van der Waals surface area contributed by atoms with Crippen LogP contribution >= 0.6 is 0 Å². The molecular weight excluding hydrogens is 192 g/mol. The van der Waals surface area contributed by atoms with Crippen molar-refractivity contribution in [1.82, 2.24) is 0 Å². The van der Waals surface area contributed by atoms with Gasteiger partial charge in [-0.3, -0.25) is 13.9 Å². The van der Waals surface area contributed by atoms with Gasteiger partial charge >= 0.3 is 0 Å². The van der Waals surface area contributed by atoms with Gasteiger partial charge < -0.3 is 0 Å². The minimum atomic E-state index is -0.457. The number of allylic oxidation sites excluding steroid dienone is 1. The van der Waals surface area contributed by atoms with Crippen LogP contribution in [0.5, 0.6) is 0 Å². The number of ketones is 1. The molecule has 0 aliphatic heterocycles. The van der Waals surface area contributed by atoms with Crippen molar-refractivity contribution in [1.29, 1.82) is 0 Å². The van der Waals surface area contributed by atoms with Crippen LogP contribution in [0.4, 0.5) is 0 Å². The van der Waals surface area contributed by atoms with E-state index >= 15 is 0 Å². The summed E-state index contributed by atoms with van der Waals surface area (Å²) in [6.45, 7) is 3.61. The highest BCUT2D eigenvalue weighted by molar-refractivity contribution is 6.01. The lowest BCUT2D eigenvalue weighted by molar-refractivity contribution is -0.0180. The third kappa shape index (κ3) is 1.76. The second-order valence-electron chi connectivity index (χ2n) is 3.14. The predicted octanol–water partition coefficient (Wildman–Crippen LogP) is 3.03. The van der Waals surface area contributed by atoms with Crippen LogP contribution in [0.15, 0.2) is 58.4 Å². The van der Waals surface area contributed by atoms with Crippen molar-refractivity contribution in [2.75, 3.05) is 0 Å². The molecule has 1 heterocycles. The minimum absolute atomic E-state index is 0.0415. The summed E-state index contributed by atoms with van der Waals surface area (Å²) in [5, 5.41) is 0. The standard InChI is InChI=1S/C12H10O3/c1-2-10(11-8-14-15-11)12(13)9-6-4-3-5-7-9/h2-8,10H,1H2. The first kappa shape index (κ1) is 9.52. The van der Waals surface area contributed by atoms with Crippen LogP contribution in [0.25, 0.3) is 0 Å². The Morgan fingerprint density at radius 3 is 2.47 bits per heavy atom. The predicted molar refractivity (Wildman–Crippen MR) is 54.7 cm³/mol. The Hall–Kier alpha value is -2.03. The first-order valence-corrected chi connectivity index (χ1v) is 4.58. The second kappa shape index (κ2) is 4.00. The summed E-state index contributed by atoms with van der Waals surface area (Å²) in [6, 6.07) is 9.03. The van der Waals surface area contributed by atoms with Gasteiger partial charge in [0.05, 0.1) is 0 Å². The van der Waals surface area contributed by atoms with Crippen LogP contribution < -0.4 is 0 Å². The van der Waals surface area contributed by atoms with Crippen molar-refractivity contribution in [3.63, 3.8) is 0 Å². The van der Waals surface area contributed by atoms with Crippen molar-refractivity contribution < 1.29 is 13.9 Å². The Labute approximate surface area is 86.9 Å². The van der Waals surface area contributed by atoms with Gasteiger partial charge in [0, 0.05) is 5.56 Å². The van der Waals surface area contributed by atoms with E-state index in [0.29, 0.717) is 11.3 Å². The van der Waals surface area contributed by atoms with E-state index in [9.17, 15) is 4.79 Å². The maximum atomic E-state index is 12.0. The molecule has 1 aromatic carbocycles. The van der Waals surface area contributed by atoms with E-state index in [0.717, 1.165) is 0 Å². The molecule has 0 fully saturated rings. The molecule has 1 atom stereocenters. The second-order valence-corrected chi connectivity index (χ2v) is 3.14. The molecule has 0 bridgehead atoms. The number of carbonyl (C=O) groups is 1. The fourth-order valence-electron chi connectivity index (χ4n) is 1.36. The van der Waals surface area contributed by atoms with E-state index < -0.39 is 5.92 Å². The van der Waals surface area contributed by atoms with Gasteiger partial charge in [-0.25, -0.2) is 0 Å². The smallest absolute Gasteiger partial charge is 0.209 e. The lowest BCUT2D eigenvalue weighted by Crippen LogP contribution is -2.11. The van der Waals surface area contributed by atoms with E-state index in [1.54, 1.807) is 18.2 Å². The quantitative estimate of drug-likeness (QED) is 0.435. The molecule has 3 nitrogen and oxygen atoms in total. The average molecular weight is 202 g/mol. The van der Waals surface area contributed by atoms with Crippen molar-refractivity contribution in [2.45, 2.75) is 5.92 Å². The highest BCUT2D eigenvalue weighted by Gasteiger charge is 2.24. The molecule has 15 heavy (non-hydrogen) atoms. The van der Waals surface area contributed by atoms with Crippen LogP contribution in [0, 0.1) is 0 Å². The minimum Gasteiger partial charge on any atom is -0.294 e. The van der Waals surface area contributed by atoms with E-state index in [2.05, 4.69) is 11.2 Å².